The molecule has 0 bridgehead atoms. The maximum absolute atomic E-state index is 13.6. The first-order valence-corrected chi connectivity index (χ1v) is 9.04. The van der Waals surface area contributed by atoms with Crippen LogP contribution in [0.25, 0.3) is 0 Å². The van der Waals surface area contributed by atoms with Gasteiger partial charge >= 0.3 is 0 Å². The van der Waals surface area contributed by atoms with E-state index >= 15 is 0 Å². The Morgan fingerprint density at radius 1 is 1.32 bits per heavy atom. The first-order valence-electron chi connectivity index (χ1n) is 7.08. The average molecular weight is 331 g/mol. The number of amides is 1. The number of benzene rings is 1. The van der Waals surface area contributed by atoms with Crippen molar-refractivity contribution >= 4 is 15.7 Å². The summed E-state index contributed by atoms with van der Waals surface area (Å²) in [5.74, 6) is -1.67. The zero-order chi connectivity index (χ0) is 16.5. The number of halogens is 2. The SMILES string of the molecule is CN(C(=O)Cc1cc(F)ccc1F)[C@@H]1CCC[C@@H]1S(C)(=O)=O. The van der Waals surface area contributed by atoms with E-state index in [-0.39, 0.29) is 12.0 Å². The minimum Gasteiger partial charge on any atom is -0.341 e. The van der Waals surface area contributed by atoms with Crippen LogP contribution in [0.2, 0.25) is 0 Å². The van der Waals surface area contributed by atoms with Crippen molar-refractivity contribution in [3.63, 3.8) is 0 Å². The number of hydrogen-bond acceptors (Lipinski definition) is 3. The molecule has 122 valence electrons. The predicted molar refractivity (Wildman–Crippen MR) is 79.1 cm³/mol. The summed E-state index contributed by atoms with van der Waals surface area (Å²) in [6, 6.07) is 2.56. The first kappa shape index (κ1) is 16.9. The summed E-state index contributed by atoms with van der Waals surface area (Å²) in [5.41, 5.74) is -0.0225. The third-order valence-electron chi connectivity index (χ3n) is 4.21. The monoisotopic (exact) mass is 331 g/mol. The molecule has 1 saturated carbocycles. The number of hydrogen-bond donors (Lipinski definition) is 0. The van der Waals surface area contributed by atoms with Gasteiger partial charge in [-0.15, -0.1) is 0 Å². The molecule has 0 N–H and O–H groups in total. The molecule has 1 aliphatic rings. The maximum Gasteiger partial charge on any atom is 0.227 e. The number of carbonyl (C=O) groups excluding carboxylic acids is 1. The molecule has 0 unspecified atom stereocenters. The molecule has 0 heterocycles. The van der Waals surface area contributed by atoms with Gasteiger partial charge in [0.25, 0.3) is 0 Å². The molecule has 0 radical (unpaired) electrons. The molecule has 1 fully saturated rings. The van der Waals surface area contributed by atoms with Crippen LogP contribution in [0.1, 0.15) is 24.8 Å². The van der Waals surface area contributed by atoms with Crippen molar-refractivity contribution in [2.45, 2.75) is 37.0 Å². The summed E-state index contributed by atoms with van der Waals surface area (Å²) < 4.78 is 50.3. The second kappa shape index (κ2) is 6.32. The van der Waals surface area contributed by atoms with Gasteiger partial charge in [0.05, 0.1) is 11.7 Å². The summed E-state index contributed by atoms with van der Waals surface area (Å²) >= 11 is 0. The van der Waals surface area contributed by atoms with E-state index in [1.165, 1.54) is 18.2 Å². The van der Waals surface area contributed by atoms with Crippen LogP contribution >= 0.6 is 0 Å². The third kappa shape index (κ3) is 3.63. The molecule has 0 aliphatic heterocycles. The Balaban J connectivity index is 2.14. The van der Waals surface area contributed by atoms with Crippen molar-refractivity contribution in [1.29, 1.82) is 0 Å². The fourth-order valence-electron chi connectivity index (χ4n) is 3.00. The fourth-order valence-corrected chi connectivity index (χ4v) is 4.48. The highest BCUT2D eigenvalue weighted by Crippen LogP contribution is 2.29. The van der Waals surface area contributed by atoms with Gasteiger partial charge in [-0.25, -0.2) is 17.2 Å². The van der Waals surface area contributed by atoms with Crippen molar-refractivity contribution in [3.05, 3.63) is 35.4 Å². The Bertz CT molecular complexity index is 675. The number of sulfone groups is 1. The smallest absolute Gasteiger partial charge is 0.227 e. The summed E-state index contributed by atoms with van der Waals surface area (Å²) in [5, 5.41) is -0.584. The van der Waals surface area contributed by atoms with Crippen LogP contribution in [0.3, 0.4) is 0 Å². The predicted octanol–water partition coefficient (Wildman–Crippen LogP) is 1.93. The van der Waals surface area contributed by atoms with Gasteiger partial charge in [0.1, 0.15) is 11.6 Å². The lowest BCUT2D eigenvalue weighted by Crippen LogP contribution is -2.45. The summed E-state index contributed by atoms with van der Waals surface area (Å²) in [6.07, 6.45) is 2.74. The Hall–Kier alpha value is -1.50. The molecule has 1 aromatic rings. The molecule has 0 saturated heterocycles. The lowest BCUT2D eigenvalue weighted by atomic mass is 10.1. The van der Waals surface area contributed by atoms with E-state index in [0.29, 0.717) is 12.8 Å². The molecule has 4 nitrogen and oxygen atoms in total. The molecule has 1 aliphatic carbocycles. The third-order valence-corrected chi connectivity index (χ3v) is 5.86. The highest BCUT2D eigenvalue weighted by atomic mass is 32.2. The van der Waals surface area contributed by atoms with Crippen LogP contribution in [-0.2, 0) is 21.1 Å². The van der Waals surface area contributed by atoms with Gasteiger partial charge in [-0.1, -0.05) is 0 Å². The zero-order valence-corrected chi connectivity index (χ0v) is 13.4. The molecule has 0 aromatic heterocycles. The van der Waals surface area contributed by atoms with E-state index in [2.05, 4.69) is 0 Å². The molecule has 1 amide bonds. The van der Waals surface area contributed by atoms with E-state index < -0.39 is 38.7 Å². The van der Waals surface area contributed by atoms with Crippen molar-refractivity contribution in [2.75, 3.05) is 13.3 Å². The maximum atomic E-state index is 13.6. The van der Waals surface area contributed by atoms with Gasteiger partial charge in [0.15, 0.2) is 9.84 Å². The van der Waals surface area contributed by atoms with E-state index in [9.17, 15) is 22.0 Å². The normalized spacial score (nSPS) is 21.8. The molecule has 22 heavy (non-hydrogen) atoms. The van der Waals surface area contributed by atoms with E-state index in [4.69, 9.17) is 0 Å². The lowest BCUT2D eigenvalue weighted by molar-refractivity contribution is -0.131. The topological polar surface area (TPSA) is 54.5 Å². The minimum atomic E-state index is -3.25. The Morgan fingerprint density at radius 3 is 2.64 bits per heavy atom. The summed E-state index contributed by atoms with van der Waals surface area (Å²) in [7, 11) is -1.72. The molecular weight excluding hydrogens is 312 g/mol. The van der Waals surface area contributed by atoms with Crippen molar-refractivity contribution in [3.8, 4) is 0 Å². The standard InChI is InChI=1S/C15H19F2NO3S/c1-18(13-4-3-5-14(13)22(2,20)21)15(19)9-10-8-11(16)6-7-12(10)17/h6-8,13-14H,3-5,9H2,1-2H3/t13-,14+/m1/s1. The van der Waals surface area contributed by atoms with E-state index in [1.807, 2.05) is 0 Å². The highest BCUT2D eigenvalue weighted by molar-refractivity contribution is 7.91. The molecule has 7 heteroatoms. The first-order chi connectivity index (χ1) is 10.2. The molecule has 2 rings (SSSR count). The van der Waals surface area contributed by atoms with E-state index in [0.717, 1.165) is 24.6 Å². The molecular formula is C15H19F2NO3S. The van der Waals surface area contributed by atoms with Gasteiger partial charge < -0.3 is 4.90 Å². The average Bonchev–Trinajstić information content (AvgIpc) is 2.91. The Morgan fingerprint density at radius 2 is 2.00 bits per heavy atom. The number of likely N-dealkylation sites (N-methyl/N-ethyl adjacent to an activating group) is 1. The summed E-state index contributed by atoms with van der Waals surface area (Å²) in [4.78, 5) is 13.6. The number of carbonyl (C=O) groups is 1. The van der Waals surface area contributed by atoms with Crippen molar-refractivity contribution < 1.29 is 22.0 Å². The van der Waals surface area contributed by atoms with Crippen molar-refractivity contribution in [1.82, 2.24) is 4.90 Å². The second-order valence-corrected chi connectivity index (χ2v) is 8.05. The largest absolute Gasteiger partial charge is 0.341 e. The number of rotatable bonds is 4. The lowest BCUT2D eigenvalue weighted by Gasteiger charge is -2.29. The van der Waals surface area contributed by atoms with Crippen LogP contribution < -0.4 is 0 Å². The fraction of sp³-hybridized carbons (Fsp3) is 0.533. The van der Waals surface area contributed by atoms with Crippen LogP contribution in [0.4, 0.5) is 8.78 Å². The van der Waals surface area contributed by atoms with Crippen LogP contribution in [0.5, 0.6) is 0 Å². The van der Waals surface area contributed by atoms with Gasteiger partial charge in [0, 0.05) is 24.9 Å². The molecule has 1 aromatic carbocycles. The van der Waals surface area contributed by atoms with Crippen LogP contribution in [0, 0.1) is 11.6 Å². The number of nitrogens with zero attached hydrogens (tertiary/aromatic N) is 1. The minimum absolute atomic E-state index is 0.0225. The highest BCUT2D eigenvalue weighted by Gasteiger charge is 2.38. The second-order valence-electron chi connectivity index (χ2n) is 5.78. The molecule has 0 spiro atoms. The van der Waals surface area contributed by atoms with Crippen LogP contribution in [-0.4, -0.2) is 43.8 Å². The van der Waals surface area contributed by atoms with Gasteiger partial charge in [-0.2, -0.15) is 0 Å². The van der Waals surface area contributed by atoms with E-state index in [1.54, 1.807) is 0 Å². The van der Waals surface area contributed by atoms with Crippen molar-refractivity contribution in [2.24, 2.45) is 0 Å². The van der Waals surface area contributed by atoms with Gasteiger partial charge in [-0.3, -0.25) is 4.79 Å². The van der Waals surface area contributed by atoms with Gasteiger partial charge in [0.2, 0.25) is 5.91 Å². The zero-order valence-electron chi connectivity index (χ0n) is 12.6. The summed E-state index contributed by atoms with van der Waals surface area (Å²) in [6.45, 7) is 0. The molecule has 2 atom stereocenters. The quantitative estimate of drug-likeness (QED) is 0.847. The Labute approximate surface area is 129 Å². The van der Waals surface area contributed by atoms with Crippen LogP contribution in [0.15, 0.2) is 18.2 Å². The Kier molecular flexibility index (Phi) is 4.84. The van der Waals surface area contributed by atoms with Gasteiger partial charge in [-0.05, 0) is 37.5 Å².